The van der Waals surface area contributed by atoms with Crippen LogP contribution in [0.15, 0.2) is 22.7 Å². The van der Waals surface area contributed by atoms with E-state index in [-0.39, 0.29) is 11.3 Å². The van der Waals surface area contributed by atoms with Gasteiger partial charge in [-0.2, -0.15) is 0 Å². The zero-order valence-corrected chi connectivity index (χ0v) is 12.8. The van der Waals surface area contributed by atoms with Crippen LogP contribution in [0.3, 0.4) is 0 Å². The summed E-state index contributed by atoms with van der Waals surface area (Å²) in [6, 6.07) is 5.26. The van der Waals surface area contributed by atoms with Crippen LogP contribution in [0.1, 0.15) is 43.0 Å². The Morgan fingerprint density at radius 1 is 1.44 bits per heavy atom. The number of carbonyl (C=O) groups excluding carboxylic acids is 1. The van der Waals surface area contributed by atoms with Gasteiger partial charge in [0.1, 0.15) is 0 Å². The molecule has 1 aliphatic carbocycles. The van der Waals surface area contributed by atoms with Crippen LogP contribution >= 0.6 is 27.5 Å². The fourth-order valence-corrected chi connectivity index (χ4v) is 3.06. The number of carbonyl (C=O) groups is 1. The van der Waals surface area contributed by atoms with Gasteiger partial charge in [0.25, 0.3) is 5.91 Å². The molecule has 1 N–H and O–H groups in total. The van der Waals surface area contributed by atoms with Crippen molar-refractivity contribution in [2.24, 2.45) is 5.41 Å². The van der Waals surface area contributed by atoms with E-state index in [0.29, 0.717) is 10.6 Å². The summed E-state index contributed by atoms with van der Waals surface area (Å²) in [4.78, 5) is 12.1. The normalized spacial score (nSPS) is 17.7. The molecule has 2 rings (SSSR count). The molecule has 0 radical (unpaired) electrons. The molecule has 1 aromatic carbocycles. The van der Waals surface area contributed by atoms with Crippen LogP contribution in [0.5, 0.6) is 0 Å². The Balaban J connectivity index is 2.01. The molecular formula is C14H17BrClNO. The third-order valence-electron chi connectivity index (χ3n) is 3.66. The predicted molar refractivity (Wildman–Crippen MR) is 78.1 cm³/mol. The molecule has 1 saturated carbocycles. The fourth-order valence-electron chi connectivity index (χ4n) is 2.47. The molecule has 0 heterocycles. The van der Waals surface area contributed by atoms with Crippen LogP contribution in [0.4, 0.5) is 0 Å². The Bertz CT molecular complexity index is 455. The predicted octanol–water partition coefficient (Wildman–Crippen LogP) is 4.41. The highest BCUT2D eigenvalue weighted by Crippen LogP contribution is 2.36. The van der Waals surface area contributed by atoms with Gasteiger partial charge in [-0.3, -0.25) is 4.79 Å². The second-order valence-electron chi connectivity index (χ2n) is 5.32. The third kappa shape index (κ3) is 3.27. The van der Waals surface area contributed by atoms with Gasteiger partial charge < -0.3 is 5.32 Å². The number of rotatable bonds is 3. The lowest BCUT2D eigenvalue weighted by Crippen LogP contribution is -2.34. The maximum Gasteiger partial charge on any atom is 0.252 e. The molecule has 1 aromatic rings. The van der Waals surface area contributed by atoms with Crippen LogP contribution in [0.25, 0.3) is 0 Å². The van der Waals surface area contributed by atoms with Gasteiger partial charge in [-0.25, -0.2) is 0 Å². The minimum Gasteiger partial charge on any atom is -0.351 e. The molecule has 0 bridgehead atoms. The summed E-state index contributed by atoms with van der Waals surface area (Å²) < 4.78 is 0.779. The van der Waals surface area contributed by atoms with Crippen molar-refractivity contribution in [1.29, 1.82) is 0 Å². The molecule has 1 fully saturated rings. The molecule has 0 aliphatic heterocycles. The maximum absolute atomic E-state index is 12.1. The summed E-state index contributed by atoms with van der Waals surface area (Å²) in [7, 11) is 0. The van der Waals surface area contributed by atoms with Crippen molar-refractivity contribution in [3.8, 4) is 0 Å². The number of halogens is 2. The van der Waals surface area contributed by atoms with Gasteiger partial charge in [0, 0.05) is 16.0 Å². The van der Waals surface area contributed by atoms with Crippen molar-refractivity contribution in [2.75, 3.05) is 6.54 Å². The summed E-state index contributed by atoms with van der Waals surface area (Å²) >= 11 is 9.29. The molecule has 0 atom stereocenters. The lowest BCUT2D eigenvalue weighted by molar-refractivity contribution is 0.0933. The second kappa shape index (κ2) is 5.62. The average Bonchev–Trinajstić information content (AvgIpc) is 2.77. The Morgan fingerprint density at radius 2 is 2.11 bits per heavy atom. The number of benzene rings is 1. The van der Waals surface area contributed by atoms with Crippen LogP contribution in [0.2, 0.25) is 5.02 Å². The first-order valence-electron chi connectivity index (χ1n) is 6.23. The summed E-state index contributed by atoms with van der Waals surface area (Å²) in [6.45, 7) is 2.98. The molecule has 4 heteroatoms. The van der Waals surface area contributed by atoms with Gasteiger partial charge >= 0.3 is 0 Å². The highest BCUT2D eigenvalue weighted by molar-refractivity contribution is 9.10. The van der Waals surface area contributed by atoms with Crippen molar-refractivity contribution >= 4 is 33.4 Å². The van der Waals surface area contributed by atoms with Gasteiger partial charge in [0.15, 0.2) is 0 Å². The minimum atomic E-state index is -0.0579. The van der Waals surface area contributed by atoms with Gasteiger partial charge in [0.05, 0.1) is 5.56 Å². The van der Waals surface area contributed by atoms with E-state index in [0.717, 1.165) is 11.0 Å². The van der Waals surface area contributed by atoms with E-state index in [1.165, 1.54) is 25.7 Å². The largest absolute Gasteiger partial charge is 0.351 e. The first-order valence-corrected chi connectivity index (χ1v) is 7.41. The maximum atomic E-state index is 12.1. The molecule has 0 saturated heterocycles. The number of nitrogens with one attached hydrogen (secondary N) is 1. The first-order chi connectivity index (χ1) is 8.50. The van der Waals surface area contributed by atoms with E-state index in [4.69, 9.17) is 11.6 Å². The fraction of sp³-hybridized carbons (Fsp3) is 0.500. The van der Waals surface area contributed by atoms with Gasteiger partial charge in [-0.05, 0) is 52.4 Å². The molecule has 2 nitrogen and oxygen atoms in total. The van der Waals surface area contributed by atoms with Crippen molar-refractivity contribution < 1.29 is 4.79 Å². The Hall–Kier alpha value is -0.540. The highest BCUT2D eigenvalue weighted by atomic mass is 79.9. The third-order valence-corrected chi connectivity index (χ3v) is 4.59. The van der Waals surface area contributed by atoms with Gasteiger partial charge in [0.2, 0.25) is 0 Å². The summed E-state index contributed by atoms with van der Waals surface area (Å²) in [5.74, 6) is -0.0579. The molecule has 98 valence electrons. The van der Waals surface area contributed by atoms with Crippen molar-refractivity contribution in [3.05, 3.63) is 33.3 Å². The Labute approximate surface area is 121 Å². The first kappa shape index (κ1) is 13.9. The smallest absolute Gasteiger partial charge is 0.252 e. The average molecular weight is 331 g/mol. The van der Waals surface area contributed by atoms with E-state index in [2.05, 4.69) is 28.2 Å². The second-order valence-corrected chi connectivity index (χ2v) is 6.62. The van der Waals surface area contributed by atoms with E-state index >= 15 is 0 Å². The van der Waals surface area contributed by atoms with Crippen LogP contribution in [-0.2, 0) is 0 Å². The molecule has 1 aliphatic rings. The SMILES string of the molecule is CC1(CNC(=O)c2cc(Cl)ccc2Br)CCCC1. The summed E-state index contributed by atoms with van der Waals surface area (Å²) in [5, 5.41) is 3.60. The van der Waals surface area contributed by atoms with Gasteiger partial charge in [-0.1, -0.05) is 31.4 Å². The molecular weight excluding hydrogens is 314 g/mol. The van der Waals surface area contributed by atoms with E-state index in [1.807, 2.05) is 0 Å². The summed E-state index contributed by atoms with van der Waals surface area (Å²) in [5.41, 5.74) is 0.866. The van der Waals surface area contributed by atoms with Crippen molar-refractivity contribution in [1.82, 2.24) is 5.32 Å². The zero-order chi connectivity index (χ0) is 13.2. The topological polar surface area (TPSA) is 29.1 Å². The minimum absolute atomic E-state index is 0.0579. The molecule has 0 spiro atoms. The van der Waals surface area contributed by atoms with Crippen LogP contribution < -0.4 is 5.32 Å². The molecule has 18 heavy (non-hydrogen) atoms. The number of amides is 1. The van der Waals surface area contributed by atoms with Crippen molar-refractivity contribution in [2.45, 2.75) is 32.6 Å². The van der Waals surface area contributed by atoms with E-state index in [1.54, 1.807) is 18.2 Å². The lowest BCUT2D eigenvalue weighted by Gasteiger charge is -2.23. The monoisotopic (exact) mass is 329 g/mol. The molecule has 0 aromatic heterocycles. The number of hydrogen-bond donors (Lipinski definition) is 1. The lowest BCUT2D eigenvalue weighted by atomic mass is 9.89. The van der Waals surface area contributed by atoms with E-state index in [9.17, 15) is 4.79 Å². The zero-order valence-electron chi connectivity index (χ0n) is 10.4. The number of hydrogen-bond acceptors (Lipinski definition) is 1. The van der Waals surface area contributed by atoms with Gasteiger partial charge in [-0.15, -0.1) is 0 Å². The van der Waals surface area contributed by atoms with E-state index < -0.39 is 0 Å². The highest BCUT2D eigenvalue weighted by Gasteiger charge is 2.29. The standard InChI is InChI=1S/C14H17BrClNO/c1-14(6-2-3-7-14)9-17-13(18)11-8-10(16)4-5-12(11)15/h4-5,8H,2-3,6-7,9H2,1H3,(H,17,18). The molecule has 1 amide bonds. The Kier molecular flexibility index (Phi) is 4.33. The molecule has 0 unspecified atom stereocenters. The van der Waals surface area contributed by atoms with Crippen molar-refractivity contribution in [3.63, 3.8) is 0 Å². The quantitative estimate of drug-likeness (QED) is 0.873. The summed E-state index contributed by atoms with van der Waals surface area (Å²) in [6.07, 6.45) is 4.94. The Morgan fingerprint density at radius 3 is 2.78 bits per heavy atom. The van der Waals surface area contributed by atoms with Crippen LogP contribution in [-0.4, -0.2) is 12.5 Å². The van der Waals surface area contributed by atoms with Crippen LogP contribution in [0, 0.1) is 5.41 Å².